The number of aromatic nitrogens is 2. The Morgan fingerprint density at radius 1 is 1.42 bits per heavy atom. The summed E-state index contributed by atoms with van der Waals surface area (Å²) in [4.78, 5) is 12.0. The van der Waals surface area contributed by atoms with Crippen molar-refractivity contribution in [3.8, 4) is 0 Å². The molecule has 102 valence electrons. The van der Waals surface area contributed by atoms with Crippen LogP contribution >= 0.6 is 11.6 Å². The summed E-state index contributed by atoms with van der Waals surface area (Å²) in [6.45, 7) is 4.26. The first-order chi connectivity index (χ1) is 9.15. The standard InChI is InChI=1S/C14H17ClN2O2/c1-3-11(4-2)17-7-5-10(16-17)9-13(18)12-6-8-19-14(12)15/h5-8,11H,3-4,9H2,1-2H3. The van der Waals surface area contributed by atoms with E-state index in [1.807, 2.05) is 16.9 Å². The molecule has 0 spiro atoms. The lowest BCUT2D eigenvalue weighted by Gasteiger charge is -2.12. The van der Waals surface area contributed by atoms with Gasteiger partial charge < -0.3 is 4.42 Å². The number of furan rings is 1. The van der Waals surface area contributed by atoms with Gasteiger partial charge in [0.2, 0.25) is 5.22 Å². The number of hydrogen-bond acceptors (Lipinski definition) is 3. The van der Waals surface area contributed by atoms with Gasteiger partial charge in [0.05, 0.1) is 30.0 Å². The van der Waals surface area contributed by atoms with Gasteiger partial charge in [-0.1, -0.05) is 13.8 Å². The number of rotatable bonds is 6. The van der Waals surface area contributed by atoms with Gasteiger partial charge in [0.15, 0.2) is 5.78 Å². The first-order valence-electron chi connectivity index (χ1n) is 6.45. The molecule has 2 rings (SSSR count). The number of ketones is 1. The molecule has 0 fully saturated rings. The first kappa shape index (κ1) is 13.9. The number of carbonyl (C=O) groups is 1. The van der Waals surface area contributed by atoms with Crippen molar-refractivity contribution < 1.29 is 9.21 Å². The number of hydrogen-bond donors (Lipinski definition) is 0. The van der Waals surface area contributed by atoms with Gasteiger partial charge in [-0.2, -0.15) is 5.10 Å². The molecule has 0 aliphatic carbocycles. The van der Waals surface area contributed by atoms with Gasteiger partial charge in [-0.15, -0.1) is 0 Å². The summed E-state index contributed by atoms with van der Waals surface area (Å²) in [5.74, 6) is -0.0754. The van der Waals surface area contributed by atoms with Crippen molar-refractivity contribution in [2.45, 2.75) is 39.2 Å². The van der Waals surface area contributed by atoms with Crippen molar-refractivity contribution in [3.63, 3.8) is 0 Å². The van der Waals surface area contributed by atoms with Crippen LogP contribution in [0.5, 0.6) is 0 Å². The van der Waals surface area contributed by atoms with Crippen LogP contribution in [0.2, 0.25) is 5.22 Å². The molecule has 5 heteroatoms. The Hall–Kier alpha value is -1.55. The molecule has 0 saturated carbocycles. The largest absolute Gasteiger partial charge is 0.452 e. The topological polar surface area (TPSA) is 48.0 Å². The van der Waals surface area contributed by atoms with E-state index in [1.54, 1.807) is 6.07 Å². The van der Waals surface area contributed by atoms with Crippen molar-refractivity contribution in [1.82, 2.24) is 9.78 Å². The Balaban J connectivity index is 2.08. The lowest BCUT2D eigenvalue weighted by Crippen LogP contribution is -2.09. The Bertz CT molecular complexity index is 555. The molecule has 0 unspecified atom stereocenters. The van der Waals surface area contributed by atoms with Crippen LogP contribution in [0.15, 0.2) is 29.0 Å². The molecule has 0 saturated heterocycles. The SMILES string of the molecule is CCC(CC)n1ccc(CC(=O)c2ccoc2Cl)n1. The highest BCUT2D eigenvalue weighted by Gasteiger charge is 2.16. The smallest absolute Gasteiger partial charge is 0.203 e. The van der Waals surface area contributed by atoms with Gasteiger partial charge in [0, 0.05) is 6.20 Å². The monoisotopic (exact) mass is 280 g/mol. The Morgan fingerprint density at radius 3 is 2.74 bits per heavy atom. The van der Waals surface area contributed by atoms with Crippen LogP contribution in [0.4, 0.5) is 0 Å². The highest BCUT2D eigenvalue weighted by molar-refractivity contribution is 6.32. The quantitative estimate of drug-likeness (QED) is 0.754. The maximum Gasteiger partial charge on any atom is 0.203 e. The van der Waals surface area contributed by atoms with E-state index in [0.717, 1.165) is 18.5 Å². The second kappa shape index (κ2) is 6.06. The summed E-state index contributed by atoms with van der Waals surface area (Å²) in [5, 5.41) is 4.60. The van der Waals surface area contributed by atoms with Crippen LogP contribution in [0.3, 0.4) is 0 Å². The predicted octanol–water partition coefficient (Wildman–Crippen LogP) is 3.92. The molecule has 0 aliphatic heterocycles. The molecule has 2 aromatic heterocycles. The molecule has 0 radical (unpaired) electrons. The van der Waals surface area contributed by atoms with E-state index >= 15 is 0 Å². The Labute approximate surface area is 117 Å². The highest BCUT2D eigenvalue weighted by atomic mass is 35.5. The minimum Gasteiger partial charge on any atom is -0.452 e. The van der Waals surface area contributed by atoms with Crippen LogP contribution in [0, 0.1) is 0 Å². The normalized spacial score (nSPS) is 11.2. The van der Waals surface area contributed by atoms with Crippen LogP contribution in [0.25, 0.3) is 0 Å². The minimum absolute atomic E-state index is 0.0754. The first-order valence-corrected chi connectivity index (χ1v) is 6.83. The average Bonchev–Trinajstić information content (AvgIpc) is 3.00. The van der Waals surface area contributed by atoms with E-state index in [4.69, 9.17) is 16.0 Å². The zero-order valence-corrected chi connectivity index (χ0v) is 11.9. The van der Waals surface area contributed by atoms with Crippen LogP contribution in [-0.2, 0) is 6.42 Å². The third-order valence-corrected chi connectivity index (χ3v) is 3.53. The molecular formula is C14H17ClN2O2. The third-order valence-electron chi connectivity index (χ3n) is 3.24. The maximum atomic E-state index is 12.0. The van der Waals surface area contributed by atoms with E-state index in [0.29, 0.717) is 11.6 Å². The summed E-state index contributed by atoms with van der Waals surface area (Å²) < 4.78 is 6.85. The zero-order chi connectivity index (χ0) is 13.8. The molecule has 0 aromatic carbocycles. The predicted molar refractivity (Wildman–Crippen MR) is 73.6 cm³/mol. The third kappa shape index (κ3) is 3.07. The van der Waals surface area contributed by atoms with Crippen molar-refractivity contribution in [1.29, 1.82) is 0 Å². The summed E-state index contributed by atoms with van der Waals surface area (Å²) in [6, 6.07) is 3.86. The summed E-state index contributed by atoms with van der Waals surface area (Å²) in [5.41, 5.74) is 1.17. The lowest BCUT2D eigenvalue weighted by molar-refractivity contribution is 0.0991. The minimum atomic E-state index is -0.0754. The average molecular weight is 281 g/mol. The summed E-state index contributed by atoms with van der Waals surface area (Å²) in [6.07, 6.45) is 5.64. The van der Waals surface area contributed by atoms with Crippen LogP contribution < -0.4 is 0 Å². The van der Waals surface area contributed by atoms with E-state index in [9.17, 15) is 4.79 Å². The van der Waals surface area contributed by atoms with Gasteiger partial charge in [-0.3, -0.25) is 9.48 Å². The van der Waals surface area contributed by atoms with Gasteiger partial charge in [-0.05, 0) is 36.6 Å². The zero-order valence-electron chi connectivity index (χ0n) is 11.1. The molecule has 2 heterocycles. The number of nitrogens with zero attached hydrogens (tertiary/aromatic N) is 2. The number of Topliss-reactive ketones (excluding diaryl/α,β-unsaturated/α-hetero) is 1. The molecule has 2 aromatic rings. The molecular weight excluding hydrogens is 264 g/mol. The van der Waals surface area contributed by atoms with Gasteiger partial charge >= 0.3 is 0 Å². The molecule has 0 N–H and O–H groups in total. The molecule has 4 nitrogen and oxygen atoms in total. The van der Waals surface area contributed by atoms with E-state index in [2.05, 4.69) is 18.9 Å². The van der Waals surface area contributed by atoms with Gasteiger partial charge in [0.25, 0.3) is 0 Å². The molecule has 0 aliphatic rings. The van der Waals surface area contributed by atoms with Crippen molar-refractivity contribution >= 4 is 17.4 Å². The molecule has 0 amide bonds. The van der Waals surface area contributed by atoms with Crippen LogP contribution in [-0.4, -0.2) is 15.6 Å². The number of halogens is 1. The molecule has 0 bridgehead atoms. The summed E-state index contributed by atoms with van der Waals surface area (Å²) in [7, 11) is 0. The maximum absolute atomic E-state index is 12.0. The highest BCUT2D eigenvalue weighted by Crippen LogP contribution is 2.19. The van der Waals surface area contributed by atoms with E-state index < -0.39 is 0 Å². The molecule has 19 heavy (non-hydrogen) atoms. The Morgan fingerprint density at radius 2 is 2.16 bits per heavy atom. The fourth-order valence-corrected chi connectivity index (χ4v) is 2.31. The van der Waals surface area contributed by atoms with Gasteiger partial charge in [-0.25, -0.2) is 0 Å². The van der Waals surface area contributed by atoms with Crippen LogP contribution in [0.1, 0.15) is 48.8 Å². The Kier molecular flexibility index (Phi) is 4.43. The summed E-state index contributed by atoms with van der Waals surface area (Å²) >= 11 is 5.79. The van der Waals surface area contributed by atoms with Crippen molar-refractivity contribution in [2.24, 2.45) is 0 Å². The second-order valence-corrected chi connectivity index (χ2v) is 4.81. The molecule has 0 atom stereocenters. The second-order valence-electron chi connectivity index (χ2n) is 4.47. The fraction of sp³-hybridized carbons (Fsp3) is 0.429. The van der Waals surface area contributed by atoms with Crippen molar-refractivity contribution in [3.05, 3.63) is 41.1 Å². The van der Waals surface area contributed by atoms with Gasteiger partial charge in [0.1, 0.15) is 0 Å². The van der Waals surface area contributed by atoms with E-state index in [1.165, 1.54) is 6.26 Å². The lowest BCUT2D eigenvalue weighted by atomic mass is 10.1. The van der Waals surface area contributed by atoms with Crippen molar-refractivity contribution in [2.75, 3.05) is 0 Å². The van der Waals surface area contributed by atoms with E-state index in [-0.39, 0.29) is 17.4 Å². The number of carbonyl (C=O) groups excluding carboxylic acids is 1. The fourth-order valence-electron chi connectivity index (χ4n) is 2.09.